The largest absolute Gasteiger partial charge is 0.339 e. The molecule has 1 amide bonds. The van der Waals surface area contributed by atoms with E-state index in [9.17, 15) is 13.2 Å². The van der Waals surface area contributed by atoms with Gasteiger partial charge in [-0.05, 0) is 37.5 Å². The summed E-state index contributed by atoms with van der Waals surface area (Å²) in [6.45, 7) is 1.77. The zero-order valence-corrected chi connectivity index (χ0v) is 14.2. The maximum absolute atomic E-state index is 12.7. The number of sulfonamides is 1. The molecule has 1 saturated carbocycles. The fraction of sp³-hybridized carbons (Fsp3) is 0.562. The SMILES string of the molecule is Cc1c(NS(C)(=O)=O)cccc1C(=O)N(C)C1CCCCC1. The Balaban J connectivity index is 2.24. The lowest BCUT2D eigenvalue weighted by Gasteiger charge is -2.31. The van der Waals surface area contributed by atoms with Crippen LogP contribution >= 0.6 is 0 Å². The van der Waals surface area contributed by atoms with Crippen LogP contribution in [0.25, 0.3) is 0 Å². The first-order valence-electron chi connectivity index (χ1n) is 7.64. The second kappa shape index (κ2) is 6.69. The van der Waals surface area contributed by atoms with Gasteiger partial charge in [0.05, 0.1) is 11.9 Å². The smallest absolute Gasteiger partial charge is 0.254 e. The molecule has 1 aliphatic rings. The second-order valence-corrected chi connectivity index (χ2v) is 7.81. The van der Waals surface area contributed by atoms with Crippen molar-refractivity contribution in [1.82, 2.24) is 4.90 Å². The molecule has 0 bridgehead atoms. The van der Waals surface area contributed by atoms with Gasteiger partial charge >= 0.3 is 0 Å². The number of hydrogen-bond donors (Lipinski definition) is 1. The molecule has 0 atom stereocenters. The van der Waals surface area contributed by atoms with E-state index >= 15 is 0 Å². The van der Waals surface area contributed by atoms with Crippen molar-refractivity contribution in [3.8, 4) is 0 Å². The lowest BCUT2D eigenvalue weighted by atomic mass is 9.93. The number of anilines is 1. The summed E-state index contributed by atoms with van der Waals surface area (Å²) in [7, 11) is -1.52. The first-order chi connectivity index (χ1) is 10.3. The van der Waals surface area contributed by atoms with Crippen LogP contribution in [-0.2, 0) is 10.0 Å². The molecule has 5 nitrogen and oxygen atoms in total. The minimum atomic E-state index is -3.36. The lowest BCUT2D eigenvalue weighted by Crippen LogP contribution is -2.38. The molecule has 1 aliphatic carbocycles. The van der Waals surface area contributed by atoms with Gasteiger partial charge in [-0.3, -0.25) is 9.52 Å². The Morgan fingerprint density at radius 3 is 2.45 bits per heavy atom. The zero-order chi connectivity index (χ0) is 16.3. The Morgan fingerprint density at radius 1 is 1.23 bits per heavy atom. The number of carbonyl (C=O) groups excluding carboxylic acids is 1. The Bertz CT molecular complexity index is 649. The van der Waals surface area contributed by atoms with Crippen molar-refractivity contribution in [2.45, 2.75) is 45.1 Å². The van der Waals surface area contributed by atoms with Gasteiger partial charge in [-0.1, -0.05) is 25.3 Å². The number of rotatable bonds is 4. The number of benzene rings is 1. The molecule has 122 valence electrons. The van der Waals surface area contributed by atoms with Crippen LogP contribution in [0.2, 0.25) is 0 Å². The number of nitrogens with zero attached hydrogens (tertiary/aromatic N) is 1. The van der Waals surface area contributed by atoms with Crippen molar-refractivity contribution < 1.29 is 13.2 Å². The summed E-state index contributed by atoms with van der Waals surface area (Å²) in [6, 6.07) is 5.42. The van der Waals surface area contributed by atoms with Crippen molar-refractivity contribution in [1.29, 1.82) is 0 Å². The molecule has 2 rings (SSSR count). The van der Waals surface area contributed by atoms with Gasteiger partial charge < -0.3 is 4.90 Å². The lowest BCUT2D eigenvalue weighted by molar-refractivity contribution is 0.0695. The third-order valence-electron chi connectivity index (χ3n) is 4.30. The first kappa shape index (κ1) is 16.8. The predicted octanol–water partition coefficient (Wildman–Crippen LogP) is 2.77. The van der Waals surface area contributed by atoms with E-state index in [1.54, 1.807) is 25.1 Å². The average molecular weight is 324 g/mol. The summed E-state index contributed by atoms with van der Waals surface area (Å²) in [4.78, 5) is 14.5. The highest BCUT2D eigenvalue weighted by atomic mass is 32.2. The van der Waals surface area contributed by atoms with Gasteiger partial charge in [-0.15, -0.1) is 0 Å². The number of nitrogens with one attached hydrogen (secondary N) is 1. The molecule has 1 aromatic carbocycles. The summed E-state index contributed by atoms with van der Waals surface area (Å²) in [5.41, 5.74) is 1.69. The topological polar surface area (TPSA) is 66.5 Å². The van der Waals surface area contributed by atoms with E-state index in [2.05, 4.69) is 4.72 Å². The Morgan fingerprint density at radius 2 is 1.86 bits per heavy atom. The molecule has 1 fully saturated rings. The van der Waals surface area contributed by atoms with Crippen LogP contribution in [0.3, 0.4) is 0 Å². The quantitative estimate of drug-likeness (QED) is 0.926. The van der Waals surface area contributed by atoms with E-state index in [4.69, 9.17) is 0 Å². The van der Waals surface area contributed by atoms with Gasteiger partial charge in [0.15, 0.2) is 0 Å². The van der Waals surface area contributed by atoms with E-state index in [1.165, 1.54) is 6.42 Å². The van der Waals surface area contributed by atoms with Crippen LogP contribution in [0.4, 0.5) is 5.69 Å². The number of carbonyl (C=O) groups is 1. The van der Waals surface area contributed by atoms with Gasteiger partial charge in [-0.25, -0.2) is 8.42 Å². The summed E-state index contributed by atoms with van der Waals surface area (Å²) >= 11 is 0. The summed E-state index contributed by atoms with van der Waals surface area (Å²) < 4.78 is 25.3. The van der Waals surface area contributed by atoms with Crippen LogP contribution in [0.1, 0.15) is 48.0 Å². The van der Waals surface area contributed by atoms with E-state index in [1.807, 2.05) is 11.9 Å². The normalized spacial score (nSPS) is 16.3. The van der Waals surface area contributed by atoms with Crippen LogP contribution in [0.5, 0.6) is 0 Å². The summed E-state index contributed by atoms with van der Waals surface area (Å²) in [5.74, 6) is -0.0402. The molecular formula is C16H24N2O3S. The molecule has 0 unspecified atom stereocenters. The van der Waals surface area contributed by atoms with E-state index in [-0.39, 0.29) is 11.9 Å². The third-order valence-corrected chi connectivity index (χ3v) is 4.89. The first-order valence-corrected chi connectivity index (χ1v) is 9.53. The van der Waals surface area contributed by atoms with E-state index in [0.29, 0.717) is 16.8 Å². The molecule has 0 heterocycles. The van der Waals surface area contributed by atoms with E-state index in [0.717, 1.165) is 31.9 Å². The standard InChI is InChI=1S/C16H24N2O3S/c1-12-14(10-7-11-15(12)17-22(3,20)21)16(19)18(2)13-8-5-4-6-9-13/h7,10-11,13,17H,4-6,8-9H2,1-3H3. The molecule has 0 aromatic heterocycles. The average Bonchev–Trinajstić information content (AvgIpc) is 2.47. The Kier molecular flexibility index (Phi) is 5.11. The van der Waals surface area contributed by atoms with Gasteiger partial charge in [0.2, 0.25) is 10.0 Å². The Labute approximate surface area is 132 Å². The third kappa shape index (κ3) is 4.00. The summed E-state index contributed by atoms with van der Waals surface area (Å²) in [5, 5.41) is 0. The van der Waals surface area contributed by atoms with Gasteiger partial charge in [0.25, 0.3) is 5.91 Å². The monoisotopic (exact) mass is 324 g/mol. The molecule has 0 radical (unpaired) electrons. The molecule has 1 aromatic rings. The molecule has 1 N–H and O–H groups in total. The highest BCUT2D eigenvalue weighted by Crippen LogP contribution is 2.25. The van der Waals surface area contributed by atoms with Crippen LogP contribution in [0, 0.1) is 6.92 Å². The fourth-order valence-electron chi connectivity index (χ4n) is 3.00. The molecule has 0 aliphatic heterocycles. The maximum Gasteiger partial charge on any atom is 0.254 e. The molecular weight excluding hydrogens is 300 g/mol. The molecule has 22 heavy (non-hydrogen) atoms. The van der Waals surface area contributed by atoms with Crippen LogP contribution < -0.4 is 4.72 Å². The van der Waals surface area contributed by atoms with Gasteiger partial charge in [0, 0.05) is 18.7 Å². The molecule has 6 heteroatoms. The highest BCUT2D eigenvalue weighted by molar-refractivity contribution is 7.92. The molecule has 0 saturated heterocycles. The van der Waals surface area contributed by atoms with Gasteiger partial charge in [0.1, 0.15) is 0 Å². The minimum absolute atomic E-state index is 0.0402. The van der Waals surface area contributed by atoms with Crippen molar-refractivity contribution in [3.63, 3.8) is 0 Å². The highest BCUT2D eigenvalue weighted by Gasteiger charge is 2.24. The van der Waals surface area contributed by atoms with Crippen LogP contribution in [0.15, 0.2) is 18.2 Å². The van der Waals surface area contributed by atoms with Crippen molar-refractivity contribution in [2.75, 3.05) is 18.0 Å². The molecule has 0 spiro atoms. The van der Waals surface area contributed by atoms with E-state index < -0.39 is 10.0 Å². The van der Waals surface area contributed by atoms with Crippen molar-refractivity contribution in [3.05, 3.63) is 29.3 Å². The number of hydrogen-bond acceptors (Lipinski definition) is 3. The summed E-state index contributed by atoms with van der Waals surface area (Å²) in [6.07, 6.45) is 6.76. The van der Waals surface area contributed by atoms with Crippen LogP contribution in [-0.4, -0.2) is 38.6 Å². The number of amides is 1. The van der Waals surface area contributed by atoms with Gasteiger partial charge in [-0.2, -0.15) is 0 Å². The van der Waals surface area contributed by atoms with Crippen molar-refractivity contribution in [2.24, 2.45) is 0 Å². The Hall–Kier alpha value is -1.56. The minimum Gasteiger partial charge on any atom is -0.339 e. The second-order valence-electron chi connectivity index (χ2n) is 6.06. The zero-order valence-electron chi connectivity index (χ0n) is 13.4. The maximum atomic E-state index is 12.7. The predicted molar refractivity (Wildman–Crippen MR) is 88.6 cm³/mol. The fourth-order valence-corrected chi connectivity index (χ4v) is 3.62. The van der Waals surface area contributed by atoms with Crippen molar-refractivity contribution >= 4 is 21.6 Å².